The van der Waals surface area contributed by atoms with Gasteiger partial charge in [-0.3, -0.25) is 4.79 Å². The highest BCUT2D eigenvalue weighted by Gasteiger charge is 2.30. The van der Waals surface area contributed by atoms with Gasteiger partial charge in [-0.15, -0.1) is 0 Å². The van der Waals surface area contributed by atoms with E-state index in [0.717, 1.165) is 29.7 Å². The van der Waals surface area contributed by atoms with E-state index in [1.165, 1.54) is 0 Å². The lowest BCUT2D eigenvalue weighted by Gasteiger charge is -2.06. The number of rotatable bonds is 5. The Hall–Kier alpha value is -2.14. The number of amides is 1. The third kappa shape index (κ3) is 2.97. The van der Waals surface area contributed by atoms with Gasteiger partial charge in [0.1, 0.15) is 5.82 Å². The molecule has 1 heterocycles. The molecule has 0 unspecified atom stereocenters. The zero-order valence-corrected chi connectivity index (χ0v) is 12.0. The number of benzene rings is 1. The average molecular weight is 285 g/mol. The zero-order chi connectivity index (χ0) is 14.8. The summed E-state index contributed by atoms with van der Waals surface area (Å²) in [5.74, 6) is 0.842. The number of anilines is 1. The van der Waals surface area contributed by atoms with E-state index in [-0.39, 0.29) is 18.4 Å². The van der Waals surface area contributed by atoms with Gasteiger partial charge in [0.05, 0.1) is 18.8 Å². The zero-order valence-electron chi connectivity index (χ0n) is 12.0. The van der Waals surface area contributed by atoms with Gasteiger partial charge in [-0.25, -0.2) is 4.68 Å². The SMILES string of the molecule is Cc1ccccc1-c1cc(NC(=O)C2CC2)n(CCO)n1. The first-order valence-corrected chi connectivity index (χ1v) is 7.24. The van der Waals surface area contributed by atoms with Crippen molar-refractivity contribution in [1.29, 1.82) is 0 Å². The van der Waals surface area contributed by atoms with E-state index in [2.05, 4.69) is 10.4 Å². The molecule has 110 valence electrons. The van der Waals surface area contributed by atoms with Gasteiger partial charge >= 0.3 is 0 Å². The molecule has 1 aromatic carbocycles. The number of aryl methyl sites for hydroxylation is 1. The summed E-state index contributed by atoms with van der Waals surface area (Å²) in [6.07, 6.45) is 1.93. The monoisotopic (exact) mass is 285 g/mol. The maximum absolute atomic E-state index is 11.9. The number of nitrogens with zero attached hydrogens (tertiary/aromatic N) is 2. The highest BCUT2D eigenvalue weighted by molar-refractivity contribution is 5.93. The summed E-state index contributed by atoms with van der Waals surface area (Å²) in [6.45, 7) is 2.39. The van der Waals surface area contributed by atoms with Crippen LogP contribution in [0.5, 0.6) is 0 Å². The summed E-state index contributed by atoms with van der Waals surface area (Å²) >= 11 is 0. The predicted octanol–water partition coefficient (Wildman–Crippen LogP) is 2.20. The van der Waals surface area contributed by atoms with E-state index in [4.69, 9.17) is 5.11 Å². The number of nitrogens with one attached hydrogen (secondary N) is 1. The maximum atomic E-state index is 11.9. The molecular formula is C16H19N3O2. The van der Waals surface area contributed by atoms with Crippen molar-refractivity contribution in [2.24, 2.45) is 5.92 Å². The smallest absolute Gasteiger partial charge is 0.228 e. The topological polar surface area (TPSA) is 67.2 Å². The molecular weight excluding hydrogens is 266 g/mol. The molecule has 1 amide bonds. The van der Waals surface area contributed by atoms with E-state index in [1.807, 2.05) is 37.3 Å². The summed E-state index contributed by atoms with van der Waals surface area (Å²) in [7, 11) is 0. The molecule has 5 nitrogen and oxygen atoms in total. The summed E-state index contributed by atoms with van der Waals surface area (Å²) < 4.78 is 1.65. The average Bonchev–Trinajstić information content (AvgIpc) is 3.25. The highest BCUT2D eigenvalue weighted by Crippen LogP contribution is 2.31. The molecule has 1 aliphatic rings. The Bertz CT molecular complexity index is 659. The fourth-order valence-corrected chi connectivity index (χ4v) is 2.35. The molecule has 0 atom stereocenters. The minimum atomic E-state index is -0.0127. The van der Waals surface area contributed by atoms with Crippen molar-refractivity contribution < 1.29 is 9.90 Å². The van der Waals surface area contributed by atoms with Crippen LogP contribution in [0.15, 0.2) is 30.3 Å². The van der Waals surface area contributed by atoms with Crippen LogP contribution >= 0.6 is 0 Å². The fourth-order valence-electron chi connectivity index (χ4n) is 2.35. The molecule has 1 fully saturated rings. The number of aliphatic hydroxyl groups excluding tert-OH is 1. The molecule has 1 aliphatic carbocycles. The van der Waals surface area contributed by atoms with E-state index in [1.54, 1.807) is 4.68 Å². The lowest BCUT2D eigenvalue weighted by molar-refractivity contribution is -0.117. The van der Waals surface area contributed by atoms with Crippen LogP contribution in [0.3, 0.4) is 0 Å². The Morgan fingerprint density at radius 1 is 1.43 bits per heavy atom. The van der Waals surface area contributed by atoms with Gasteiger partial charge in [-0.1, -0.05) is 24.3 Å². The lowest BCUT2D eigenvalue weighted by atomic mass is 10.1. The molecule has 21 heavy (non-hydrogen) atoms. The summed E-state index contributed by atoms with van der Waals surface area (Å²) in [6, 6.07) is 9.86. The Morgan fingerprint density at radius 2 is 2.19 bits per heavy atom. The van der Waals surface area contributed by atoms with Gasteiger partial charge < -0.3 is 10.4 Å². The maximum Gasteiger partial charge on any atom is 0.228 e. The predicted molar refractivity (Wildman–Crippen MR) is 80.8 cm³/mol. The van der Waals surface area contributed by atoms with Crippen LogP contribution < -0.4 is 5.32 Å². The number of carbonyl (C=O) groups is 1. The fraction of sp³-hybridized carbons (Fsp3) is 0.375. The first-order valence-electron chi connectivity index (χ1n) is 7.24. The van der Waals surface area contributed by atoms with Gasteiger partial charge in [-0.05, 0) is 25.3 Å². The minimum absolute atomic E-state index is 0.0127. The second-order valence-electron chi connectivity index (χ2n) is 5.44. The van der Waals surface area contributed by atoms with Crippen molar-refractivity contribution >= 4 is 11.7 Å². The first-order chi connectivity index (χ1) is 10.2. The van der Waals surface area contributed by atoms with Crippen molar-refractivity contribution in [3.05, 3.63) is 35.9 Å². The van der Waals surface area contributed by atoms with E-state index < -0.39 is 0 Å². The second-order valence-corrected chi connectivity index (χ2v) is 5.44. The Labute approximate surface area is 123 Å². The lowest BCUT2D eigenvalue weighted by Crippen LogP contribution is -2.17. The normalized spacial score (nSPS) is 14.2. The molecule has 0 radical (unpaired) electrons. The second kappa shape index (κ2) is 5.69. The third-order valence-electron chi connectivity index (χ3n) is 3.71. The Kier molecular flexibility index (Phi) is 3.75. The molecule has 5 heteroatoms. The molecule has 0 saturated heterocycles. The number of aromatic nitrogens is 2. The standard InChI is InChI=1S/C16H19N3O2/c1-11-4-2-3-5-13(11)14-10-15(19(18-14)8-9-20)17-16(21)12-6-7-12/h2-5,10,12,20H,6-9H2,1H3,(H,17,21). The van der Waals surface area contributed by atoms with E-state index in [9.17, 15) is 4.79 Å². The number of aliphatic hydroxyl groups is 1. The van der Waals surface area contributed by atoms with Crippen LogP contribution in [-0.2, 0) is 11.3 Å². The molecule has 3 rings (SSSR count). The summed E-state index contributed by atoms with van der Waals surface area (Å²) in [5, 5.41) is 16.6. The largest absolute Gasteiger partial charge is 0.394 e. The van der Waals surface area contributed by atoms with Gasteiger partial charge in [0.2, 0.25) is 5.91 Å². The quantitative estimate of drug-likeness (QED) is 0.885. The molecule has 0 aliphatic heterocycles. The van der Waals surface area contributed by atoms with Crippen LogP contribution in [0, 0.1) is 12.8 Å². The molecule has 1 aromatic heterocycles. The molecule has 2 N–H and O–H groups in total. The molecule has 2 aromatic rings. The van der Waals surface area contributed by atoms with E-state index >= 15 is 0 Å². The summed E-state index contributed by atoms with van der Waals surface area (Å²) in [5.41, 5.74) is 2.98. The molecule has 1 saturated carbocycles. The summed E-state index contributed by atoms with van der Waals surface area (Å²) in [4.78, 5) is 11.9. The van der Waals surface area contributed by atoms with Crippen molar-refractivity contribution in [3.63, 3.8) is 0 Å². The first kappa shape index (κ1) is 13.8. The van der Waals surface area contributed by atoms with E-state index in [0.29, 0.717) is 12.4 Å². The van der Waals surface area contributed by atoms with Gasteiger partial charge in [0.25, 0.3) is 0 Å². The molecule has 0 spiro atoms. The van der Waals surface area contributed by atoms with Gasteiger partial charge in [0, 0.05) is 17.5 Å². The van der Waals surface area contributed by atoms with Gasteiger partial charge in [-0.2, -0.15) is 5.10 Å². The van der Waals surface area contributed by atoms with Crippen LogP contribution in [-0.4, -0.2) is 27.4 Å². The van der Waals surface area contributed by atoms with Crippen molar-refractivity contribution in [1.82, 2.24) is 9.78 Å². The van der Waals surface area contributed by atoms with Crippen LogP contribution in [0.2, 0.25) is 0 Å². The minimum Gasteiger partial charge on any atom is -0.394 e. The highest BCUT2D eigenvalue weighted by atomic mass is 16.3. The van der Waals surface area contributed by atoms with Crippen LogP contribution in [0.25, 0.3) is 11.3 Å². The number of hydrogen-bond donors (Lipinski definition) is 2. The number of carbonyl (C=O) groups excluding carboxylic acids is 1. The number of hydrogen-bond acceptors (Lipinski definition) is 3. The van der Waals surface area contributed by atoms with Crippen LogP contribution in [0.4, 0.5) is 5.82 Å². The van der Waals surface area contributed by atoms with Crippen molar-refractivity contribution in [3.8, 4) is 11.3 Å². The van der Waals surface area contributed by atoms with Crippen molar-refractivity contribution in [2.45, 2.75) is 26.3 Å². The third-order valence-corrected chi connectivity index (χ3v) is 3.71. The molecule has 0 bridgehead atoms. The van der Waals surface area contributed by atoms with Gasteiger partial charge in [0.15, 0.2) is 0 Å². The Morgan fingerprint density at radius 3 is 2.86 bits per heavy atom. The van der Waals surface area contributed by atoms with Crippen molar-refractivity contribution in [2.75, 3.05) is 11.9 Å². The van der Waals surface area contributed by atoms with Crippen LogP contribution in [0.1, 0.15) is 18.4 Å². The Balaban J connectivity index is 1.91.